The van der Waals surface area contributed by atoms with Crippen molar-refractivity contribution in [1.29, 1.82) is 0 Å². The van der Waals surface area contributed by atoms with Crippen molar-refractivity contribution in [3.05, 3.63) is 29.3 Å². The van der Waals surface area contributed by atoms with Crippen molar-refractivity contribution in [2.75, 3.05) is 12.4 Å². The molecule has 0 spiro atoms. The van der Waals surface area contributed by atoms with Gasteiger partial charge in [0.2, 0.25) is 0 Å². The molecular formula is C11H13F4NO. The normalized spacial score (nSPS) is 14.5. The summed E-state index contributed by atoms with van der Waals surface area (Å²) in [4.78, 5) is 0. The largest absolute Gasteiger partial charge is 0.380 e. The van der Waals surface area contributed by atoms with Gasteiger partial charge in [-0.15, -0.1) is 0 Å². The van der Waals surface area contributed by atoms with E-state index in [0.29, 0.717) is 0 Å². The molecule has 1 aromatic carbocycles. The summed E-state index contributed by atoms with van der Waals surface area (Å²) in [6, 6.07) is -0.342. The van der Waals surface area contributed by atoms with Crippen LogP contribution in [0.5, 0.6) is 0 Å². The fourth-order valence-electron chi connectivity index (χ4n) is 1.25. The van der Waals surface area contributed by atoms with Gasteiger partial charge in [-0.2, -0.15) is 0 Å². The molecular weight excluding hydrogens is 238 g/mol. The second kappa shape index (κ2) is 5.35. The van der Waals surface area contributed by atoms with Crippen molar-refractivity contribution >= 4 is 5.69 Å². The molecule has 0 heterocycles. The van der Waals surface area contributed by atoms with Crippen LogP contribution < -0.4 is 5.32 Å². The lowest BCUT2D eigenvalue weighted by Gasteiger charge is -2.21. The number of halogens is 4. The van der Waals surface area contributed by atoms with Gasteiger partial charge in [-0.1, -0.05) is 0 Å². The Labute approximate surface area is 96.6 Å². The van der Waals surface area contributed by atoms with Gasteiger partial charge in [0.25, 0.3) is 0 Å². The van der Waals surface area contributed by atoms with Crippen LogP contribution in [0.2, 0.25) is 0 Å². The van der Waals surface area contributed by atoms with E-state index in [1.807, 2.05) is 0 Å². The lowest BCUT2D eigenvalue weighted by molar-refractivity contribution is 0.106. The smallest absolute Gasteiger partial charge is 0.185 e. The van der Waals surface area contributed by atoms with Crippen LogP contribution in [0, 0.1) is 23.3 Å². The molecule has 0 bridgehead atoms. The van der Waals surface area contributed by atoms with Gasteiger partial charge in [-0.25, -0.2) is 17.6 Å². The Morgan fingerprint density at radius 2 is 1.53 bits per heavy atom. The molecule has 1 rings (SSSR count). The fourth-order valence-corrected chi connectivity index (χ4v) is 1.25. The Morgan fingerprint density at radius 1 is 1.06 bits per heavy atom. The second-order valence-corrected chi connectivity index (χ2v) is 3.72. The van der Waals surface area contributed by atoms with E-state index in [2.05, 4.69) is 5.32 Å². The molecule has 0 amide bonds. The van der Waals surface area contributed by atoms with E-state index < -0.39 is 35.0 Å². The van der Waals surface area contributed by atoms with Gasteiger partial charge in [0.05, 0.1) is 6.10 Å². The van der Waals surface area contributed by atoms with Crippen LogP contribution in [0.1, 0.15) is 13.8 Å². The molecule has 0 saturated heterocycles. The molecule has 0 aliphatic carbocycles. The Kier molecular flexibility index (Phi) is 4.34. The zero-order chi connectivity index (χ0) is 13.2. The summed E-state index contributed by atoms with van der Waals surface area (Å²) < 4.78 is 57.3. The third-order valence-corrected chi connectivity index (χ3v) is 2.56. The first-order valence-corrected chi connectivity index (χ1v) is 5.00. The average Bonchev–Trinajstić information content (AvgIpc) is 2.30. The van der Waals surface area contributed by atoms with Gasteiger partial charge in [0, 0.05) is 19.2 Å². The fraction of sp³-hybridized carbons (Fsp3) is 0.455. The van der Waals surface area contributed by atoms with Crippen molar-refractivity contribution < 1.29 is 22.3 Å². The molecule has 1 aromatic rings. The Bertz CT molecular complexity index is 385. The number of rotatable bonds is 4. The maximum atomic E-state index is 13.3. The summed E-state index contributed by atoms with van der Waals surface area (Å²) in [5, 5.41) is 2.36. The molecule has 0 fully saturated rings. The van der Waals surface area contributed by atoms with Crippen molar-refractivity contribution in [2.45, 2.75) is 26.0 Å². The highest BCUT2D eigenvalue weighted by Crippen LogP contribution is 2.25. The number of benzene rings is 1. The van der Waals surface area contributed by atoms with Crippen LogP contribution in [0.3, 0.4) is 0 Å². The summed E-state index contributed by atoms with van der Waals surface area (Å²) in [5.74, 6) is -5.77. The third-order valence-electron chi connectivity index (χ3n) is 2.56. The molecule has 0 aliphatic rings. The van der Waals surface area contributed by atoms with E-state index in [0.717, 1.165) is 0 Å². The number of hydrogen-bond acceptors (Lipinski definition) is 2. The number of anilines is 1. The van der Waals surface area contributed by atoms with Gasteiger partial charge < -0.3 is 10.1 Å². The van der Waals surface area contributed by atoms with E-state index >= 15 is 0 Å². The molecule has 2 atom stereocenters. The SMILES string of the molecule is COC(C)C(C)Nc1c(F)c(F)cc(F)c1F. The van der Waals surface area contributed by atoms with Gasteiger partial charge in [-0.3, -0.25) is 0 Å². The number of methoxy groups -OCH3 is 1. The minimum absolute atomic E-state index is 0.167. The van der Waals surface area contributed by atoms with Crippen LogP contribution in [-0.2, 0) is 4.74 Å². The van der Waals surface area contributed by atoms with Gasteiger partial charge >= 0.3 is 0 Å². The van der Waals surface area contributed by atoms with Gasteiger partial charge in [-0.05, 0) is 13.8 Å². The molecule has 1 N–H and O–H groups in total. The van der Waals surface area contributed by atoms with Crippen LogP contribution in [-0.4, -0.2) is 19.3 Å². The monoisotopic (exact) mass is 251 g/mol. The molecule has 2 nitrogen and oxygen atoms in total. The van der Waals surface area contributed by atoms with E-state index in [1.54, 1.807) is 13.8 Å². The highest BCUT2D eigenvalue weighted by Gasteiger charge is 2.22. The standard InChI is InChI=1S/C11H13F4NO/c1-5(6(2)17-3)16-11-9(14)7(12)4-8(13)10(11)15/h4-6,16H,1-3H3. The lowest BCUT2D eigenvalue weighted by atomic mass is 10.2. The minimum Gasteiger partial charge on any atom is -0.380 e. The summed E-state index contributed by atoms with van der Waals surface area (Å²) in [5.41, 5.74) is -0.820. The molecule has 96 valence electrons. The highest BCUT2D eigenvalue weighted by atomic mass is 19.2. The van der Waals surface area contributed by atoms with Crippen molar-refractivity contribution in [1.82, 2.24) is 0 Å². The zero-order valence-corrected chi connectivity index (χ0v) is 9.65. The molecule has 6 heteroatoms. The molecule has 17 heavy (non-hydrogen) atoms. The van der Waals surface area contributed by atoms with Crippen molar-refractivity contribution in [2.24, 2.45) is 0 Å². The summed E-state index contributed by atoms with van der Waals surface area (Å²) >= 11 is 0. The van der Waals surface area contributed by atoms with Gasteiger partial charge in [0.1, 0.15) is 5.69 Å². The highest BCUT2D eigenvalue weighted by molar-refractivity contribution is 5.48. The average molecular weight is 251 g/mol. The predicted octanol–water partition coefficient (Wildman–Crippen LogP) is 3.08. The maximum absolute atomic E-state index is 13.3. The van der Waals surface area contributed by atoms with E-state index in [4.69, 9.17) is 4.74 Å². The molecule has 0 aromatic heterocycles. The van der Waals surface area contributed by atoms with Crippen molar-refractivity contribution in [3.63, 3.8) is 0 Å². The summed E-state index contributed by atoms with van der Waals surface area (Å²) in [6.45, 7) is 3.24. The third kappa shape index (κ3) is 2.88. The first-order chi connectivity index (χ1) is 7.88. The molecule has 2 unspecified atom stereocenters. The lowest BCUT2D eigenvalue weighted by Crippen LogP contribution is -2.30. The quantitative estimate of drug-likeness (QED) is 0.656. The number of ether oxygens (including phenoxy) is 1. The van der Waals surface area contributed by atoms with Crippen molar-refractivity contribution in [3.8, 4) is 0 Å². The molecule has 0 aliphatic heterocycles. The summed E-state index contributed by atoms with van der Waals surface area (Å²) in [6.07, 6.45) is -0.375. The van der Waals surface area contributed by atoms with E-state index in [1.165, 1.54) is 7.11 Å². The number of nitrogens with one attached hydrogen (secondary N) is 1. The molecule has 0 saturated carbocycles. The van der Waals surface area contributed by atoms with Crippen LogP contribution in [0.4, 0.5) is 23.2 Å². The van der Waals surface area contributed by atoms with Crippen LogP contribution in [0.15, 0.2) is 6.07 Å². The Morgan fingerprint density at radius 3 is 1.94 bits per heavy atom. The van der Waals surface area contributed by atoms with E-state index in [9.17, 15) is 17.6 Å². The summed E-state index contributed by atoms with van der Waals surface area (Å²) in [7, 11) is 1.42. The molecule has 0 radical (unpaired) electrons. The van der Waals surface area contributed by atoms with Crippen LogP contribution >= 0.6 is 0 Å². The first kappa shape index (κ1) is 13.8. The number of hydrogen-bond donors (Lipinski definition) is 1. The first-order valence-electron chi connectivity index (χ1n) is 5.00. The minimum atomic E-state index is -1.45. The second-order valence-electron chi connectivity index (χ2n) is 3.72. The predicted molar refractivity (Wildman–Crippen MR) is 55.8 cm³/mol. The zero-order valence-electron chi connectivity index (χ0n) is 9.65. The Balaban J connectivity index is 3.06. The van der Waals surface area contributed by atoms with Gasteiger partial charge in [0.15, 0.2) is 23.3 Å². The topological polar surface area (TPSA) is 21.3 Å². The van der Waals surface area contributed by atoms with Crippen LogP contribution in [0.25, 0.3) is 0 Å². The van der Waals surface area contributed by atoms with E-state index in [-0.39, 0.29) is 12.2 Å². The maximum Gasteiger partial charge on any atom is 0.185 e. The Hall–Kier alpha value is -1.30.